The summed E-state index contributed by atoms with van der Waals surface area (Å²) in [5, 5.41) is 8.57. The third-order valence-electron chi connectivity index (χ3n) is 3.15. The summed E-state index contributed by atoms with van der Waals surface area (Å²) in [4.78, 5) is 13.9. The van der Waals surface area contributed by atoms with Gasteiger partial charge >= 0.3 is 0 Å². The first-order chi connectivity index (χ1) is 7.72. The number of hydrogen-bond donors (Lipinski definition) is 1. The molecule has 0 aromatic heterocycles. The Morgan fingerprint density at radius 3 is 2.75 bits per heavy atom. The largest absolute Gasteiger partial charge is 0.339 e. The highest BCUT2D eigenvalue weighted by Gasteiger charge is 2.32. The van der Waals surface area contributed by atoms with Crippen LogP contribution in [0.4, 0.5) is 0 Å². The summed E-state index contributed by atoms with van der Waals surface area (Å²) in [6, 6.07) is 2.50. The van der Waals surface area contributed by atoms with Crippen molar-refractivity contribution in [2.75, 3.05) is 13.1 Å². The molecule has 1 rings (SSSR count). The predicted molar refractivity (Wildman–Crippen MR) is 62.4 cm³/mol. The van der Waals surface area contributed by atoms with Crippen molar-refractivity contribution in [3.63, 3.8) is 0 Å². The molecule has 0 saturated heterocycles. The summed E-state index contributed by atoms with van der Waals surface area (Å²) in [5.41, 5.74) is 5.60. The van der Waals surface area contributed by atoms with Gasteiger partial charge in [-0.1, -0.05) is 13.3 Å². The van der Waals surface area contributed by atoms with Gasteiger partial charge < -0.3 is 10.6 Å². The molecule has 0 aliphatic heterocycles. The second-order valence-electron chi connectivity index (χ2n) is 4.44. The van der Waals surface area contributed by atoms with Gasteiger partial charge in [0.15, 0.2) is 0 Å². The van der Waals surface area contributed by atoms with E-state index in [1.807, 2.05) is 4.90 Å². The average molecular weight is 223 g/mol. The van der Waals surface area contributed by atoms with Crippen molar-refractivity contribution in [2.24, 2.45) is 11.7 Å². The summed E-state index contributed by atoms with van der Waals surface area (Å²) < 4.78 is 0. The zero-order chi connectivity index (χ0) is 12.0. The number of carbonyl (C=O) groups is 1. The lowest BCUT2D eigenvalue weighted by Crippen LogP contribution is -2.36. The molecule has 0 radical (unpaired) electrons. The van der Waals surface area contributed by atoms with Crippen LogP contribution in [0, 0.1) is 17.2 Å². The third-order valence-corrected chi connectivity index (χ3v) is 3.15. The van der Waals surface area contributed by atoms with E-state index in [4.69, 9.17) is 11.0 Å². The molecule has 2 N–H and O–H groups in total. The molecule has 0 aromatic carbocycles. The predicted octanol–water partition coefficient (Wildman–Crippen LogP) is 1.27. The highest BCUT2D eigenvalue weighted by atomic mass is 16.2. The van der Waals surface area contributed by atoms with Crippen LogP contribution in [0.5, 0.6) is 0 Å². The monoisotopic (exact) mass is 223 g/mol. The maximum absolute atomic E-state index is 12.0. The molecule has 1 fully saturated rings. The van der Waals surface area contributed by atoms with Crippen LogP contribution in [0.25, 0.3) is 0 Å². The van der Waals surface area contributed by atoms with Crippen LogP contribution in [0.2, 0.25) is 0 Å². The first kappa shape index (κ1) is 13.0. The maximum atomic E-state index is 12.0. The van der Waals surface area contributed by atoms with Gasteiger partial charge in [0.25, 0.3) is 0 Å². The number of nitrogens with two attached hydrogens (primary N) is 1. The van der Waals surface area contributed by atoms with Crippen molar-refractivity contribution in [3.05, 3.63) is 0 Å². The van der Waals surface area contributed by atoms with Gasteiger partial charge in [0.05, 0.1) is 12.5 Å². The average Bonchev–Trinajstić information content (AvgIpc) is 3.10. The van der Waals surface area contributed by atoms with Crippen LogP contribution in [0.1, 0.15) is 39.0 Å². The molecule has 4 heteroatoms. The summed E-state index contributed by atoms with van der Waals surface area (Å²) in [7, 11) is 0. The molecule has 1 aliphatic carbocycles. The zero-order valence-electron chi connectivity index (χ0n) is 9.98. The molecule has 0 aromatic rings. The minimum Gasteiger partial charge on any atom is -0.339 e. The van der Waals surface area contributed by atoms with E-state index in [0.29, 0.717) is 32.0 Å². The van der Waals surface area contributed by atoms with Gasteiger partial charge in [-0.05, 0) is 25.3 Å². The van der Waals surface area contributed by atoms with E-state index in [9.17, 15) is 4.79 Å². The Morgan fingerprint density at radius 1 is 1.62 bits per heavy atom. The molecule has 1 aliphatic rings. The van der Waals surface area contributed by atoms with Crippen molar-refractivity contribution < 1.29 is 4.79 Å². The SMILES string of the molecule is CCC(CN)CC(=O)N(CCC#N)C1CC1. The second-order valence-corrected chi connectivity index (χ2v) is 4.44. The van der Waals surface area contributed by atoms with E-state index in [1.165, 1.54) is 0 Å². The third kappa shape index (κ3) is 3.82. The summed E-state index contributed by atoms with van der Waals surface area (Å²) in [6.07, 6.45) is 4.10. The van der Waals surface area contributed by atoms with Crippen molar-refractivity contribution in [3.8, 4) is 6.07 Å². The lowest BCUT2D eigenvalue weighted by Gasteiger charge is -2.23. The van der Waals surface area contributed by atoms with E-state index < -0.39 is 0 Å². The van der Waals surface area contributed by atoms with Gasteiger partial charge in [0, 0.05) is 19.0 Å². The molecule has 90 valence electrons. The van der Waals surface area contributed by atoms with Gasteiger partial charge in [-0.2, -0.15) is 5.26 Å². The lowest BCUT2D eigenvalue weighted by molar-refractivity contribution is -0.132. The first-order valence-electron chi connectivity index (χ1n) is 6.09. The number of hydrogen-bond acceptors (Lipinski definition) is 3. The Labute approximate surface area is 97.4 Å². The van der Waals surface area contributed by atoms with Crippen LogP contribution in [0.15, 0.2) is 0 Å². The van der Waals surface area contributed by atoms with E-state index >= 15 is 0 Å². The molecule has 0 heterocycles. The van der Waals surface area contributed by atoms with Crippen molar-refractivity contribution in [1.29, 1.82) is 5.26 Å². The van der Waals surface area contributed by atoms with Gasteiger partial charge in [0.1, 0.15) is 0 Å². The second kappa shape index (κ2) is 6.49. The number of carbonyl (C=O) groups excluding carboxylic acids is 1. The fraction of sp³-hybridized carbons (Fsp3) is 0.833. The normalized spacial score (nSPS) is 16.6. The van der Waals surface area contributed by atoms with Crippen LogP contribution in [-0.4, -0.2) is 29.9 Å². The topological polar surface area (TPSA) is 70.1 Å². The molecule has 4 nitrogen and oxygen atoms in total. The van der Waals surface area contributed by atoms with Gasteiger partial charge in [-0.15, -0.1) is 0 Å². The molecular weight excluding hydrogens is 202 g/mol. The Hall–Kier alpha value is -1.08. The zero-order valence-corrected chi connectivity index (χ0v) is 9.98. The van der Waals surface area contributed by atoms with Crippen LogP contribution in [-0.2, 0) is 4.79 Å². The molecule has 1 unspecified atom stereocenters. The highest BCUT2D eigenvalue weighted by Crippen LogP contribution is 2.28. The Bertz CT molecular complexity index is 264. The summed E-state index contributed by atoms with van der Waals surface area (Å²) in [5.74, 6) is 0.464. The van der Waals surface area contributed by atoms with Crippen molar-refractivity contribution in [1.82, 2.24) is 4.90 Å². The van der Waals surface area contributed by atoms with Gasteiger partial charge in [-0.3, -0.25) is 4.79 Å². The van der Waals surface area contributed by atoms with Crippen LogP contribution >= 0.6 is 0 Å². The quantitative estimate of drug-likeness (QED) is 0.706. The summed E-state index contributed by atoms with van der Waals surface area (Å²) >= 11 is 0. The molecule has 1 saturated carbocycles. The van der Waals surface area contributed by atoms with Crippen LogP contribution < -0.4 is 5.73 Å². The van der Waals surface area contributed by atoms with Crippen molar-refractivity contribution >= 4 is 5.91 Å². The van der Waals surface area contributed by atoms with E-state index in [-0.39, 0.29) is 11.8 Å². The number of nitriles is 1. The fourth-order valence-corrected chi connectivity index (χ4v) is 1.83. The van der Waals surface area contributed by atoms with Gasteiger partial charge in [-0.25, -0.2) is 0 Å². The Kier molecular flexibility index (Phi) is 5.27. The standard InChI is InChI=1S/C12H21N3O/c1-2-10(9-14)8-12(16)15(7-3-6-13)11-4-5-11/h10-11H,2-5,7-9,14H2,1H3. The molecule has 16 heavy (non-hydrogen) atoms. The number of amides is 1. The molecule has 1 atom stereocenters. The van der Waals surface area contributed by atoms with Gasteiger partial charge in [0.2, 0.25) is 5.91 Å². The Balaban J connectivity index is 2.44. The van der Waals surface area contributed by atoms with E-state index in [2.05, 4.69) is 13.0 Å². The molecular formula is C12H21N3O. The smallest absolute Gasteiger partial charge is 0.223 e. The molecule has 0 spiro atoms. The maximum Gasteiger partial charge on any atom is 0.223 e. The fourth-order valence-electron chi connectivity index (χ4n) is 1.83. The molecule has 0 bridgehead atoms. The number of rotatable bonds is 7. The van der Waals surface area contributed by atoms with E-state index in [1.54, 1.807) is 0 Å². The van der Waals surface area contributed by atoms with Crippen LogP contribution in [0.3, 0.4) is 0 Å². The summed E-state index contributed by atoms with van der Waals surface area (Å²) in [6.45, 7) is 3.21. The minimum absolute atomic E-state index is 0.176. The number of nitrogens with zero attached hydrogens (tertiary/aromatic N) is 2. The highest BCUT2D eigenvalue weighted by molar-refractivity contribution is 5.77. The van der Waals surface area contributed by atoms with E-state index in [0.717, 1.165) is 19.3 Å². The minimum atomic E-state index is 0.176. The molecule has 1 amide bonds. The Morgan fingerprint density at radius 2 is 2.31 bits per heavy atom. The first-order valence-corrected chi connectivity index (χ1v) is 6.09. The lowest BCUT2D eigenvalue weighted by atomic mass is 10.0. The van der Waals surface area contributed by atoms with Crippen molar-refractivity contribution in [2.45, 2.75) is 45.1 Å².